The first kappa shape index (κ1) is 60.4. The van der Waals surface area contributed by atoms with E-state index in [1.54, 1.807) is 0 Å². The van der Waals surface area contributed by atoms with Crippen molar-refractivity contribution in [3.05, 3.63) is 122 Å². The largest absolute Gasteiger partial charge is 0.0845 e. The Kier molecular flexibility index (Phi) is 46.8. The second-order valence-electron chi connectivity index (χ2n) is 18.7. The molecule has 0 aromatic heterocycles. The van der Waals surface area contributed by atoms with Gasteiger partial charge in [0.2, 0.25) is 0 Å². The predicted molar refractivity (Wildman–Crippen MR) is 292 cm³/mol. The average Bonchev–Trinajstić information content (AvgIpc) is 3.29. The molecular weight excluding hydrogens is 757 g/mol. The third-order valence-corrected chi connectivity index (χ3v) is 12.8. The highest BCUT2D eigenvalue weighted by atomic mass is 14.4. The van der Waals surface area contributed by atoms with Gasteiger partial charge in [-0.15, -0.1) is 0 Å². The van der Waals surface area contributed by atoms with Crippen molar-refractivity contribution < 1.29 is 0 Å². The SMILES string of the molecule is CCCCC=CC=CC(C=CC=CCCCCC)(CCCCCCCCCCC)C(C=CC=CCCCCCC)(C=CC=CCCCCCCC)C=CC=CCCCCCCCC. The summed E-state index contributed by atoms with van der Waals surface area (Å²) >= 11 is 0. The first-order valence-electron chi connectivity index (χ1n) is 27.8. The summed E-state index contributed by atoms with van der Waals surface area (Å²) in [7, 11) is 0. The van der Waals surface area contributed by atoms with Crippen LogP contribution in [0.25, 0.3) is 0 Å². The first-order chi connectivity index (χ1) is 31.1. The fraction of sp³-hybridized carbons (Fsp3) is 0.683. The molecule has 0 saturated heterocycles. The van der Waals surface area contributed by atoms with E-state index in [0.29, 0.717) is 0 Å². The molecule has 0 aliphatic heterocycles. The lowest BCUT2D eigenvalue weighted by Crippen LogP contribution is -2.35. The maximum atomic E-state index is 2.59. The summed E-state index contributed by atoms with van der Waals surface area (Å²) < 4.78 is 0. The molecule has 63 heavy (non-hydrogen) atoms. The molecule has 2 unspecified atom stereocenters. The van der Waals surface area contributed by atoms with E-state index in [0.717, 1.165) is 38.5 Å². The van der Waals surface area contributed by atoms with Crippen LogP contribution in [0.5, 0.6) is 0 Å². The third kappa shape index (κ3) is 36.3. The van der Waals surface area contributed by atoms with E-state index in [9.17, 15) is 0 Å². The molecule has 0 amide bonds. The van der Waals surface area contributed by atoms with E-state index in [-0.39, 0.29) is 10.8 Å². The van der Waals surface area contributed by atoms with E-state index in [1.165, 1.54) is 186 Å². The van der Waals surface area contributed by atoms with Crippen LogP contribution >= 0.6 is 0 Å². The Morgan fingerprint density at radius 3 is 0.810 bits per heavy atom. The van der Waals surface area contributed by atoms with Crippen molar-refractivity contribution in [2.45, 2.75) is 266 Å². The highest BCUT2D eigenvalue weighted by molar-refractivity contribution is 5.39. The Balaban J connectivity index is 7.46. The molecule has 0 nitrogen and oxygen atoms in total. The van der Waals surface area contributed by atoms with Gasteiger partial charge in [-0.3, -0.25) is 0 Å². The fourth-order valence-electron chi connectivity index (χ4n) is 8.49. The Bertz CT molecular complexity index is 1240. The summed E-state index contributed by atoms with van der Waals surface area (Å²) in [6, 6.07) is 0. The molecular formula is C63H108. The lowest BCUT2D eigenvalue weighted by atomic mass is 9.59. The van der Waals surface area contributed by atoms with Crippen LogP contribution in [0.3, 0.4) is 0 Å². The standard InChI is InChI=1S/C63H108/c1-7-13-19-25-31-35-38-43-49-55-61-63(58-52-46-40-34-28-22-16-10-4,60-54-48-42-37-33-27-21-15-9-3)62(56-50-44-30-24-18-12-6,57-51-45-39-29-23-17-11-5)59-53-47-41-36-32-26-20-14-8-2/h30,39-40,42-46,48-52,54-58,60-61H,7-29,31-38,41,47,53,59H2,1-6H3. The minimum atomic E-state index is -0.365. The quantitative estimate of drug-likeness (QED) is 0.0422. The maximum Gasteiger partial charge on any atom is 0.0377 e. The van der Waals surface area contributed by atoms with Gasteiger partial charge < -0.3 is 0 Å². The van der Waals surface area contributed by atoms with Crippen LogP contribution in [0.4, 0.5) is 0 Å². The number of hydrogen-bond acceptors (Lipinski definition) is 0. The van der Waals surface area contributed by atoms with E-state index in [1.807, 2.05) is 0 Å². The molecule has 0 aromatic carbocycles. The molecule has 0 fully saturated rings. The topological polar surface area (TPSA) is 0 Å². The van der Waals surface area contributed by atoms with Crippen LogP contribution in [-0.4, -0.2) is 0 Å². The normalized spacial score (nSPS) is 15.1. The maximum absolute atomic E-state index is 2.59. The van der Waals surface area contributed by atoms with Crippen LogP contribution in [0.15, 0.2) is 122 Å². The molecule has 0 aliphatic rings. The number of unbranched alkanes of at least 4 members (excludes halogenated alkanes) is 28. The molecule has 0 heterocycles. The summed E-state index contributed by atoms with van der Waals surface area (Å²) in [4.78, 5) is 0. The van der Waals surface area contributed by atoms with E-state index in [2.05, 4.69) is 163 Å². The molecule has 0 bridgehead atoms. The highest BCUT2D eigenvalue weighted by Crippen LogP contribution is 2.50. The molecule has 360 valence electrons. The molecule has 2 atom stereocenters. The van der Waals surface area contributed by atoms with Crippen molar-refractivity contribution in [1.29, 1.82) is 0 Å². The van der Waals surface area contributed by atoms with Crippen molar-refractivity contribution in [2.24, 2.45) is 10.8 Å². The fourth-order valence-corrected chi connectivity index (χ4v) is 8.49. The van der Waals surface area contributed by atoms with Gasteiger partial charge in [0.1, 0.15) is 0 Å². The van der Waals surface area contributed by atoms with Gasteiger partial charge in [-0.1, -0.05) is 324 Å². The van der Waals surface area contributed by atoms with Gasteiger partial charge in [-0.2, -0.15) is 0 Å². The van der Waals surface area contributed by atoms with Crippen molar-refractivity contribution in [3.63, 3.8) is 0 Å². The van der Waals surface area contributed by atoms with Crippen molar-refractivity contribution in [3.8, 4) is 0 Å². The summed E-state index contributed by atoms with van der Waals surface area (Å²) in [6.45, 7) is 13.8. The summed E-state index contributed by atoms with van der Waals surface area (Å²) in [6.07, 6.45) is 93.8. The molecule has 0 spiro atoms. The molecule has 0 rings (SSSR count). The van der Waals surface area contributed by atoms with Gasteiger partial charge in [0.25, 0.3) is 0 Å². The third-order valence-electron chi connectivity index (χ3n) is 12.8. The Morgan fingerprint density at radius 2 is 0.460 bits per heavy atom. The van der Waals surface area contributed by atoms with Crippen molar-refractivity contribution >= 4 is 0 Å². The van der Waals surface area contributed by atoms with Crippen LogP contribution < -0.4 is 0 Å². The number of allylic oxidation sites excluding steroid dienone is 20. The monoisotopic (exact) mass is 865 g/mol. The van der Waals surface area contributed by atoms with Gasteiger partial charge in [-0.05, 0) is 64.2 Å². The zero-order chi connectivity index (χ0) is 45.9. The zero-order valence-electron chi connectivity index (χ0n) is 43.3. The molecule has 0 aliphatic carbocycles. The number of rotatable bonds is 46. The summed E-state index contributed by atoms with van der Waals surface area (Å²) in [5.74, 6) is 0. The second kappa shape index (κ2) is 48.8. The Morgan fingerprint density at radius 1 is 0.222 bits per heavy atom. The average molecular weight is 866 g/mol. The van der Waals surface area contributed by atoms with Gasteiger partial charge in [0, 0.05) is 10.8 Å². The van der Waals surface area contributed by atoms with Crippen LogP contribution in [0, 0.1) is 10.8 Å². The first-order valence-corrected chi connectivity index (χ1v) is 27.8. The Hall–Kier alpha value is -2.60. The van der Waals surface area contributed by atoms with Crippen LogP contribution in [-0.2, 0) is 0 Å². The minimum absolute atomic E-state index is 0.253. The smallest absolute Gasteiger partial charge is 0.0377 e. The highest BCUT2D eigenvalue weighted by Gasteiger charge is 2.42. The van der Waals surface area contributed by atoms with Gasteiger partial charge in [0.05, 0.1) is 0 Å². The van der Waals surface area contributed by atoms with Crippen LogP contribution in [0.1, 0.15) is 266 Å². The zero-order valence-corrected chi connectivity index (χ0v) is 43.3. The van der Waals surface area contributed by atoms with Gasteiger partial charge in [0.15, 0.2) is 0 Å². The van der Waals surface area contributed by atoms with E-state index >= 15 is 0 Å². The Labute approximate surface area is 396 Å². The summed E-state index contributed by atoms with van der Waals surface area (Å²) in [5.41, 5.74) is -0.619. The summed E-state index contributed by atoms with van der Waals surface area (Å²) in [5, 5.41) is 0. The van der Waals surface area contributed by atoms with Crippen LogP contribution in [0.2, 0.25) is 0 Å². The molecule has 0 heteroatoms. The molecule has 0 aromatic rings. The molecule has 0 radical (unpaired) electrons. The van der Waals surface area contributed by atoms with E-state index < -0.39 is 0 Å². The van der Waals surface area contributed by atoms with Gasteiger partial charge >= 0.3 is 0 Å². The minimum Gasteiger partial charge on any atom is -0.0845 e. The lowest BCUT2D eigenvalue weighted by Gasteiger charge is -2.43. The number of hydrogen-bond donors (Lipinski definition) is 0. The van der Waals surface area contributed by atoms with Crippen molar-refractivity contribution in [1.82, 2.24) is 0 Å². The second-order valence-corrected chi connectivity index (χ2v) is 18.7. The molecule has 0 saturated carbocycles. The molecule has 0 N–H and O–H groups in total. The van der Waals surface area contributed by atoms with E-state index in [4.69, 9.17) is 0 Å². The van der Waals surface area contributed by atoms with Gasteiger partial charge in [-0.25, -0.2) is 0 Å². The predicted octanol–water partition coefficient (Wildman–Crippen LogP) is 22.3. The lowest BCUT2D eigenvalue weighted by molar-refractivity contribution is 0.289. The van der Waals surface area contributed by atoms with Crippen molar-refractivity contribution in [2.75, 3.05) is 0 Å².